The van der Waals surface area contributed by atoms with Crippen molar-refractivity contribution in [2.45, 2.75) is 26.2 Å². The van der Waals surface area contributed by atoms with E-state index in [2.05, 4.69) is 0 Å². The first-order valence-electron chi connectivity index (χ1n) is 6.10. The quantitative estimate of drug-likeness (QED) is 0.684. The van der Waals surface area contributed by atoms with Gasteiger partial charge in [0, 0.05) is 33.4 Å². The number of hydrogen-bond donors (Lipinski definition) is 1. The van der Waals surface area contributed by atoms with Crippen LogP contribution in [0.15, 0.2) is 11.6 Å². The van der Waals surface area contributed by atoms with Crippen LogP contribution in [0.2, 0.25) is 0 Å². The monoisotopic (exact) mass is 434 g/mol. The molecule has 3 rings (SSSR count). The Kier molecular flexibility index (Phi) is 5.08. The second kappa shape index (κ2) is 5.99. The Labute approximate surface area is 125 Å². The van der Waals surface area contributed by atoms with Gasteiger partial charge in [-0.15, -0.1) is 0 Å². The number of hydrogen-bond acceptors (Lipinski definition) is 3. The molecule has 3 aliphatic rings. The molecule has 4 atom stereocenters. The largest absolute Gasteiger partial charge is 0.667 e. The van der Waals surface area contributed by atoms with E-state index in [0.717, 1.165) is 18.4 Å². The molecule has 0 saturated heterocycles. The van der Waals surface area contributed by atoms with Crippen molar-refractivity contribution < 1.29 is 40.6 Å². The van der Waals surface area contributed by atoms with E-state index < -0.39 is 23.7 Å². The molecule has 2 bridgehead atoms. The van der Waals surface area contributed by atoms with Crippen LogP contribution in [-0.2, 0) is 35.4 Å². The van der Waals surface area contributed by atoms with Gasteiger partial charge in [0.05, 0.1) is 11.8 Å². The van der Waals surface area contributed by atoms with Gasteiger partial charge >= 0.3 is 5.97 Å². The number of aliphatic carboxylic acids is 1. The molecule has 19 heavy (non-hydrogen) atoms. The molecule has 6 heteroatoms. The number of rotatable bonds is 4. The maximum absolute atomic E-state index is 11.7. The predicted molar refractivity (Wildman–Crippen MR) is 63.5 cm³/mol. The molecule has 1 saturated carbocycles. The molecule has 3 aliphatic carbocycles. The number of carboxylic acids is 1. The average Bonchev–Trinajstić information content (AvgIpc) is 2.27. The van der Waals surface area contributed by atoms with Crippen LogP contribution < -0.4 is 0 Å². The number of carbonyl (C=O) groups is 3. The van der Waals surface area contributed by atoms with Gasteiger partial charge in [-0.3, -0.25) is 9.59 Å². The van der Waals surface area contributed by atoms with Gasteiger partial charge in [-0.2, -0.15) is 0 Å². The van der Waals surface area contributed by atoms with Crippen LogP contribution in [0.4, 0.5) is 0 Å². The van der Waals surface area contributed by atoms with E-state index in [1.165, 1.54) is 6.92 Å². The van der Waals surface area contributed by atoms with E-state index in [1.807, 2.05) is 6.08 Å². The number of fused-ring (bicyclic) bond motifs is 2. The van der Waals surface area contributed by atoms with Gasteiger partial charge in [-0.25, -0.2) is 0 Å². The van der Waals surface area contributed by atoms with Crippen LogP contribution in [0.5, 0.6) is 0 Å². The number of amides is 1. The fourth-order valence-electron chi connectivity index (χ4n) is 3.50. The molecule has 2 N–H and O–H groups in total. The summed E-state index contributed by atoms with van der Waals surface area (Å²) in [5.74, 6) is -3.26. The van der Waals surface area contributed by atoms with E-state index in [0.29, 0.717) is 0 Å². The zero-order valence-electron chi connectivity index (χ0n) is 10.6. The van der Waals surface area contributed by atoms with Crippen LogP contribution >= 0.6 is 0 Å². The van der Waals surface area contributed by atoms with Gasteiger partial charge < -0.3 is 15.6 Å². The number of Topliss-reactive ketones (excluding diaryl/α,β-unsaturated/α-hetero) is 1. The van der Waals surface area contributed by atoms with Crippen LogP contribution in [0.3, 0.4) is 0 Å². The third-order valence-electron chi connectivity index (χ3n) is 4.12. The van der Waals surface area contributed by atoms with Crippen molar-refractivity contribution in [3.8, 4) is 0 Å². The molecule has 0 spiro atoms. The van der Waals surface area contributed by atoms with E-state index in [9.17, 15) is 19.5 Å². The smallest absolute Gasteiger partial charge is 0.307 e. The molecule has 0 aliphatic heterocycles. The van der Waals surface area contributed by atoms with Crippen molar-refractivity contribution in [1.82, 2.24) is 0 Å². The topological polar surface area (TPSA) is 95.2 Å². The fraction of sp³-hybridized carbons (Fsp3) is 0.615. The Morgan fingerprint density at radius 2 is 1.95 bits per heavy atom. The van der Waals surface area contributed by atoms with Crippen LogP contribution in [0.1, 0.15) is 26.2 Å². The van der Waals surface area contributed by atoms with Gasteiger partial charge in [-0.1, -0.05) is 11.6 Å². The number of carbonyl (C=O) groups excluding carboxylic acids is 2. The van der Waals surface area contributed by atoms with Crippen molar-refractivity contribution in [2.24, 2.45) is 23.7 Å². The van der Waals surface area contributed by atoms with Gasteiger partial charge in [0.25, 0.3) is 0 Å². The number of allylic oxidation sites excluding steroid dienone is 1. The number of carboxylic acid groups (broad SMARTS) is 1. The summed E-state index contributed by atoms with van der Waals surface area (Å²) in [6, 6.07) is 0. The average molecular weight is 434 g/mol. The minimum absolute atomic E-state index is 0. The summed E-state index contributed by atoms with van der Waals surface area (Å²) in [4.78, 5) is 33.9. The van der Waals surface area contributed by atoms with Crippen molar-refractivity contribution in [3.63, 3.8) is 0 Å². The van der Waals surface area contributed by atoms with Gasteiger partial charge in [0.1, 0.15) is 5.78 Å². The van der Waals surface area contributed by atoms with E-state index in [1.54, 1.807) is 0 Å². The first-order valence-corrected chi connectivity index (χ1v) is 6.10. The van der Waals surface area contributed by atoms with Crippen LogP contribution in [-0.4, -0.2) is 22.8 Å². The molecule has 1 amide bonds. The van der Waals surface area contributed by atoms with Crippen LogP contribution in [0.25, 0.3) is 5.73 Å². The molecule has 0 aromatic rings. The minimum Gasteiger partial charge on any atom is -0.667 e. The van der Waals surface area contributed by atoms with Crippen molar-refractivity contribution >= 4 is 17.7 Å². The molecule has 0 radical (unpaired) electrons. The summed E-state index contributed by atoms with van der Waals surface area (Å²) in [6.45, 7) is 1.42. The summed E-state index contributed by atoms with van der Waals surface area (Å²) in [5, 5.41) is 9.26. The molecule has 0 heterocycles. The second-order valence-electron chi connectivity index (χ2n) is 5.19. The van der Waals surface area contributed by atoms with Gasteiger partial charge in [0.2, 0.25) is 0 Å². The molecule has 0 aromatic heterocycles. The molecular formula is C13H16NO4W-. The predicted octanol–water partition coefficient (Wildman–Crippen LogP) is 1.82. The van der Waals surface area contributed by atoms with Gasteiger partial charge in [-0.05, 0) is 31.6 Å². The summed E-state index contributed by atoms with van der Waals surface area (Å²) >= 11 is 0. The molecule has 0 aromatic carbocycles. The zero-order valence-corrected chi connectivity index (χ0v) is 13.5. The maximum Gasteiger partial charge on any atom is 0.307 e. The Balaban J connectivity index is 0.00000180. The molecular weight excluding hydrogens is 418 g/mol. The van der Waals surface area contributed by atoms with Gasteiger partial charge in [0.15, 0.2) is 0 Å². The maximum atomic E-state index is 11.7. The first kappa shape index (κ1) is 16.1. The zero-order chi connectivity index (χ0) is 13.4. The minimum atomic E-state index is -0.933. The Morgan fingerprint density at radius 1 is 1.32 bits per heavy atom. The molecule has 104 valence electrons. The normalized spacial score (nSPS) is 32.2. The third-order valence-corrected chi connectivity index (χ3v) is 4.12. The Bertz CT molecular complexity index is 446. The summed E-state index contributed by atoms with van der Waals surface area (Å²) in [7, 11) is 0. The van der Waals surface area contributed by atoms with E-state index >= 15 is 0 Å². The van der Waals surface area contributed by atoms with Crippen LogP contribution in [0, 0.1) is 23.7 Å². The molecule has 5 nitrogen and oxygen atoms in total. The van der Waals surface area contributed by atoms with E-state index in [4.69, 9.17) is 5.73 Å². The Hall–Kier alpha value is -0.962. The SMILES string of the molecule is CC(=O)C1C2CCC(C=C2CC([NH-])=O)C1C(=O)O.[W]. The Morgan fingerprint density at radius 3 is 2.42 bits per heavy atom. The molecule has 4 unspecified atom stereocenters. The summed E-state index contributed by atoms with van der Waals surface area (Å²) < 4.78 is 0. The first-order chi connectivity index (χ1) is 8.41. The number of ketones is 1. The second-order valence-corrected chi connectivity index (χ2v) is 5.19. The fourth-order valence-corrected chi connectivity index (χ4v) is 3.50. The standard InChI is InChI=1S/C13H17NO4.W/c1-6(15)11-9-3-2-7(12(11)13(17)18)4-8(9)5-10(14)16;/h4,7,9,11-12H,2-3,5H2,1H3,(H3,14,16,17,18);/p-1. The number of nitrogens with one attached hydrogen (secondary N) is 1. The van der Waals surface area contributed by atoms with Crippen molar-refractivity contribution in [1.29, 1.82) is 0 Å². The van der Waals surface area contributed by atoms with E-state index in [-0.39, 0.29) is 45.1 Å². The molecule has 1 fully saturated rings. The summed E-state index contributed by atoms with van der Waals surface area (Å²) in [6.07, 6.45) is 3.34. The van der Waals surface area contributed by atoms with Crippen molar-refractivity contribution in [3.05, 3.63) is 17.4 Å². The third kappa shape index (κ3) is 2.97. The summed E-state index contributed by atoms with van der Waals surface area (Å²) in [5.41, 5.74) is 7.82. The van der Waals surface area contributed by atoms with Crippen molar-refractivity contribution in [2.75, 3.05) is 0 Å².